The van der Waals surface area contributed by atoms with Crippen LogP contribution < -0.4 is 4.74 Å². The van der Waals surface area contributed by atoms with E-state index in [0.29, 0.717) is 6.42 Å². The molecule has 3 aromatic rings. The molecule has 0 amide bonds. The fourth-order valence-corrected chi connectivity index (χ4v) is 3.61. The second kappa shape index (κ2) is 6.48. The van der Waals surface area contributed by atoms with Gasteiger partial charge in [-0.15, -0.1) is 0 Å². The van der Waals surface area contributed by atoms with Gasteiger partial charge >= 0.3 is 0 Å². The predicted molar refractivity (Wildman–Crippen MR) is 106 cm³/mol. The molecule has 0 radical (unpaired) electrons. The molecule has 0 unspecified atom stereocenters. The lowest BCUT2D eigenvalue weighted by atomic mass is 9.94. The van der Waals surface area contributed by atoms with Crippen LogP contribution >= 0.6 is 0 Å². The van der Waals surface area contributed by atoms with Gasteiger partial charge in [0, 0.05) is 11.8 Å². The highest BCUT2D eigenvalue weighted by molar-refractivity contribution is 6.10. The lowest BCUT2D eigenvalue weighted by molar-refractivity contribution is 0.0810. The van der Waals surface area contributed by atoms with Gasteiger partial charge in [-0.05, 0) is 72.2 Å². The molecule has 1 aliphatic carbocycles. The van der Waals surface area contributed by atoms with Crippen molar-refractivity contribution >= 4 is 21.5 Å². The summed E-state index contributed by atoms with van der Waals surface area (Å²) in [5.74, 6) is 1.98. The number of rotatable bonds is 6. The highest BCUT2D eigenvalue weighted by Gasteiger charge is 2.20. The second-order valence-corrected chi connectivity index (χ2v) is 8.23. The number of ether oxygens (including phenoxy) is 1. The minimum Gasteiger partial charge on any atom is -0.507 e. The highest BCUT2D eigenvalue weighted by atomic mass is 16.5. The van der Waals surface area contributed by atoms with Gasteiger partial charge in [0.15, 0.2) is 0 Å². The summed E-state index contributed by atoms with van der Waals surface area (Å²) in [4.78, 5) is 0. The summed E-state index contributed by atoms with van der Waals surface area (Å²) in [6.07, 6.45) is 4.38. The molecular formula is C23H26O3. The molecule has 1 aliphatic rings. The third-order valence-electron chi connectivity index (χ3n) is 5.10. The molecule has 3 heteroatoms. The van der Waals surface area contributed by atoms with Crippen molar-refractivity contribution in [3.8, 4) is 11.5 Å². The van der Waals surface area contributed by atoms with E-state index >= 15 is 0 Å². The van der Waals surface area contributed by atoms with E-state index in [0.717, 1.165) is 51.8 Å². The summed E-state index contributed by atoms with van der Waals surface area (Å²) >= 11 is 0. The van der Waals surface area contributed by atoms with Crippen LogP contribution in [0.4, 0.5) is 0 Å². The van der Waals surface area contributed by atoms with Crippen LogP contribution in [-0.4, -0.2) is 22.4 Å². The van der Waals surface area contributed by atoms with Gasteiger partial charge in [-0.1, -0.05) is 31.0 Å². The number of phenols is 1. The maximum Gasteiger partial charge on any atom is 0.124 e. The summed E-state index contributed by atoms with van der Waals surface area (Å²) < 4.78 is 5.94. The Morgan fingerprint density at radius 3 is 2.54 bits per heavy atom. The van der Waals surface area contributed by atoms with E-state index < -0.39 is 5.60 Å². The Hall–Kier alpha value is -2.26. The standard InChI is InChI=1S/C23H26O3/c1-23(2,25)14-16-5-6-17-12-22(24)19-8-7-18(13-21(19)20(17)11-16)26-10-9-15-3-4-15/h5-8,11-13,15,24-25H,3-4,9-10,14H2,1-2H3. The Morgan fingerprint density at radius 1 is 1.00 bits per heavy atom. The minimum absolute atomic E-state index is 0.285. The topological polar surface area (TPSA) is 49.7 Å². The maximum atomic E-state index is 10.4. The van der Waals surface area contributed by atoms with E-state index in [1.165, 1.54) is 12.8 Å². The van der Waals surface area contributed by atoms with Gasteiger partial charge in [0.1, 0.15) is 11.5 Å². The fourth-order valence-electron chi connectivity index (χ4n) is 3.61. The normalized spacial score (nSPS) is 14.9. The Balaban J connectivity index is 1.74. The van der Waals surface area contributed by atoms with Crippen LogP contribution in [-0.2, 0) is 6.42 Å². The molecule has 0 atom stereocenters. The number of phenolic OH excluding ortho intramolecular Hbond substituents is 1. The molecule has 0 heterocycles. The van der Waals surface area contributed by atoms with E-state index in [4.69, 9.17) is 4.74 Å². The van der Waals surface area contributed by atoms with E-state index in [-0.39, 0.29) is 5.75 Å². The van der Waals surface area contributed by atoms with Crippen LogP contribution in [0.15, 0.2) is 42.5 Å². The predicted octanol–water partition coefficient (Wildman–Crippen LogP) is 5.19. The quantitative estimate of drug-likeness (QED) is 0.601. The number of hydrogen-bond acceptors (Lipinski definition) is 3. The van der Waals surface area contributed by atoms with Crippen LogP contribution in [0.3, 0.4) is 0 Å². The number of benzene rings is 3. The van der Waals surface area contributed by atoms with Crippen molar-refractivity contribution in [3.05, 3.63) is 48.0 Å². The summed E-state index contributed by atoms with van der Waals surface area (Å²) in [5, 5.41) is 24.4. The molecule has 0 bridgehead atoms. The zero-order valence-electron chi connectivity index (χ0n) is 15.5. The first-order chi connectivity index (χ1) is 12.4. The summed E-state index contributed by atoms with van der Waals surface area (Å²) in [5.41, 5.74) is 0.328. The zero-order valence-corrected chi connectivity index (χ0v) is 15.5. The Kier molecular flexibility index (Phi) is 4.28. The lowest BCUT2D eigenvalue weighted by Gasteiger charge is -2.18. The third-order valence-corrected chi connectivity index (χ3v) is 5.10. The van der Waals surface area contributed by atoms with Crippen molar-refractivity contribution in [1.82, 2.24) is 0 Å². The zero-order chi connectivity index (χ0) is 18.3. The molecule has 0 spiro atoms. The van der Waals surface area contributed by atoms with E-state index in [9.17, 15) is 10.2 Å². The smallest absolute Gasteiger partial charge is 0.124 e. The first-order valence-electron chi connectivity index (χ1n) is 9.43. The second-order valence-electron chi connectivity index (χ2n) is 8.23. The van der Waals surface area contributed by atoms with Crippen LogP contribution in [0, 0.1) is 5.92 Å². The molecule has 1 saturated carbocycles. The lowest BCUT2D eigenvalue weighted by Crippen LogP contribution is -2.21. The van der Waals surface area contributed by atoms with Crippen LogP contribution in [0.25, 0.3) is 21.5 Å². The summed E-state index contributed by atoms with van der Waals surface area (Å²) in [6, 6.07) is 13.8. The van der Waals surface area contributed by atoms with Crippen molar-refractivity contribution in [3.63, 3.8) is 0 Å². The highest BCUT2D eigenvalue weighted by Crippen LogP contribution is 2.36. The number of fused-ring (bicyclic) bond motifs is 3. The third kappa shape index (κ3) is 3.78. The van der Waals surface area contributed by atoms with Gasteiger partial charge in [0.25, 0.3) is 0 Å². The van der Waals surface area contributed by atoms with Crippen molar-refractivity contribution < 1.29 is 14.9 Å². The maximum absolute atomic E-state index is 10.4. The summed E-state index contributed by atoms with van der Waals surface area (Å²) in [6.45, 7) is 4.38. The monoisotopic (exact) mass is 350 g/mol. The van der Waals surface area contributed by atoms with Crippen LogP contribution in [0.5, 0.6) is 11.5 Å². The summed E-state index contributed by atoms with van der Waals surface area (Å²) in [7, 11) is 0. The molecule has 0 aromatic heterocycles. The fraction of sp³-hybridized carbons (Fsp3) is 0.391. The molecule has 136 valence electrons. The molecule has 3 aromatic carbocycles. The van der Waals surface area contributed by atoms with Crippen molar-refractivity contribution in [2.45, 2.75) is 45.1 Å². The molecule has 0 aliphatic heterocycles. The SMILES string of the molecule is CC(C)(O)Cc1ccc2cc(O)c3ccc(OCCC4CC4)cc3c2c1. The van der Waals surface area contributed by atoms with Crippen molar-refractivity contribution in [2.75, 3.05) is 6.61 Å². The van der Waals surface area contributed by atoms with Gasteiger partial charge in [-0.25, -0.2) is 0 Å². The number of aliphatic hydroxyl groups is 1. The number of aromatic hydroxyl groups is 1. The van der Waals surface area contributed by atoms with Gasteiger partial charge in [0.2, 0.25) is 0 Å². The van der Waals surface area contributed by atoms with E-state index in [1.807, 2.05) is 44.2 Å². The van der Waals surface area contributed by atoms with Crippen molar-refractivity contribution in [2.24, 2.45) is 5.92 Å². The molecule has 4 rings (SSSR count). The van der Waals surface area contributed by atoms with Crippen molar-refractivity contribution in [1.29, 1.82) is 0 Å². The van der Waals surface area contributed by atoms with Crippen LogP contribution in [0.1, 0.15) is 38.7 Å². The Labute approximate surface area is 154 Å². The first kappa shape index (κ1) is 17.2. The van der Waals surface area contributed by atoms with E-state index in [2.05, 4.69) is 6.07 Å². The average molecular weight is 350 g/mol. The van der Waals surface area contributed by atoms with Gasteiger partial charge in [0.05, 0.1) is 12.2 Å². The molecular weight excluding hydrogens is 324 g/mol. The van der Waals surface area contributed by atoms with Gasteiger partial charge < -0.3 is 14.9 Å². The van der Waals surface area contributed by atoms with Crippen LogP contribution in [0.2, 0.25) is 0 Å². The molecule has 2 N–H and O–H groups in total. The number of hydrogen-bond donors (Lipinski definition) is 2. The average Bonchev–Trinajstić information content (AvgIpc) is 3.38. The molecule has 3 nitrogen and oxygen atoms in total. The molecule has 26 heavy (non-hydrogen) atoms. The molecule has 1 fully saturated rings. The largest absolute Gasteiger partial charge is 0.507 e. The Bertz CT molecular complexity index is 949. The van der Waals surface area contributed by atoms with Gasteiger partial charge in [-0.3, -0.25) is 0 Å². The Morgan fingerprint density at radius 2 is 1.81 bits per heavy atom. The van der Waals surface area contributed by atoms with Gasteiger partial charge in [-0.2, -0.15) is 0 Å². The van der Waals surface area contributed by atoms with E-state index in [1.54, 1.807) is 6.07 Å². The molecule has 0 saturated heterocycles. The first-order valence-corrected chi connectivity index (χ1v) is 9.43. The minimum atomic E-state index is -0.752.